The molecule has 248 valence electrons. The van der Waals surface area contributed by atoms with Gasteiger partial charge in [0.05, 0.1) is 24.7 Å². The SMILES string of the molecule is CCOc1ccc(CC(=O)Nc2nn(C(c3ccccc3)(c3ccccc3)c3ccccc3)c3ccc(Nc4nc(Cl)ncc4F)cc23)cc1. The Kier molecular flexibility index (Phi) is 9.22. The van der Waals surface area contributed by atoms with Crippen LogP contribution in [0.5, 0.6) is 5.75 Å². The molecule has 5 aromatic carbocycles. The van der Waals surface area contributed by atoms with Crippen molar-refractivity contribution < 1.29 is 13.9 Å². The van der Waals surface area contributed by atoms with Crippen LogP contribution >= 0.6 is 11.6 Å². The first-order valence-corrected chi connectivity index (χ1v) is 16.5. The van der Waals surface area contributed by atoms with Gasteiger partial charge in [-0.05, 0) is 71.1 Å². The molecule has 1 amide bonds. The highest BCUT2D eigenvalue weighted by Crippen LogP contribution is 2.44. The molecule has 8 nitrogen and oxygen atoms in total. The van der Waals surface area contributed by atoms with Crippen molar-refractivity contribution in [3.05, 3.63) is 173 Å². The fourth-order valence-electron chi connectivity index (χ4n) is 6.25. The number of aromatic nitrogens is 4. The number of nitrogens with one attached hydrogen (secondary N) is 2. The second-order valence-electron chi connectivity index (χ2n) is 11.6. The van der Waals surface area contributed by atoms with Crippen molar-refractivity contribution in [3.63, 3.8) is 0 Å². The first-order valence-electron chi connectivity index (χ1n) is 16.1. The molecule has 50 heavy (non-hydrogen) atoms. The smallest absolute Gasteiger partial charge is 0.230 e. The zero-order valence-electron chi connectivity index (χ0n) is 27.1. The van der Waals surface area contributed by atoms with Crippen molar-refractivity contribution in [1.82, 2.24) is 19.7 Å². The predicted molar refractivity (Wildman–Crippen MR) is 195 cm³/mol. The van der Waals surface area contributed by atoms with Crippen molar-refractivity contribution in [2.45, 2.75) is 18.9 Å². The maximum atomic E-state index is 14.7. The summed E-state index contributed by atoms with van der Waals surface area (Å²) in [7, 11) is 0. The van der Waals surface area contributed by atoms with E-state index in [0.717, 1.165) is 39.7 Å². The Morgan fingerprint density at radius 1 is 0.820 bits per heavy atom. The van der Waals surface area contributed by atoms with E-state index in [4.69, 9.17) is 21.4 Å². The highest BCUT2D eigenvalue weighted by molar-refractivity contribution is 6.28. The second-order valence-corrected chi connectivity index (χ2v) is 11.9. The normalized spacial score (nSPS) is 11.3. The van der Waals surface area contributed by atoms with Crippen LogP contribution in [0.15, 0.2) is 140 Å². The Bertz CT molecular complexity index is 2150. The maximum absolute atomic E-state index is 14.7. The molecule has 7 aromatic rings. The first kappa shape index (κ1) is 32.5. The number of benzene rings is 5. The van der Waals surface area contributed by atoms with E-state index in [9.17, 15) is 9.18 Å². The van der Waals surface area contributed by atoms with Gasteiger partial charge in [-0.25, -0.2) is 14.1 Å². The fourth-order valence-corrected chi connectivity index (χ4v) is 6.38. The number of amides is 1. The maximum Gasteiger partial charge on any atom is 0.230 e. The highest BCUT2D eigenvalue weighted by atomic mass is 35.5. The lowest BCUT2D eigenvalue weighted by Gasteiger charge is -2.37. The Morgan fingerprint density at radius 2 is 1.42 bits per heavy atom. The Morgan fingerprint density at radius 3 is 2.00 bits per heavy atom. The number of anilines is 3. The molecule has 0 spiro atoms. The molecule has 0 atom stereocenters. The van der Waals surface area contributed by atoms with Crippen LogP contribution in [0, 0.1) is 5.82 Å². The van der Waals surface area contributed by atoms with E-state index in [-0.39, 0.29) is 23.4 Å². The number of halogens is 2. The number of fused-ring (bicyclic) bond motifs is 1. The van der Waals surface area contributed by atoms with E-state index in [2.05, 4.69) is 57.0 Å². The van der Waals surface area contributed by atoms with Gasteiger partial charge < -0.3 is 15.4 Å². The molecule has 0 saturated carbocycles. The van der Waals surface area contributed by atoms with Gasteiger partial charge in [0.1, 0.15) is 11.3 Å². The zero-order chi connectivity index (χ0) is 34.5. The molecular formula is C40H32ClFN6O2. The minimum atomic E-state index is -0.957. The molecule has 0 aliphatic rings. The van der Waals surface area contributed by atoms with Crippen LogP contribution in [-0.4, -0.2) is 32.3 Å². The third-order valence-corrected chi connectivity index (χ3v) is 8.59. The molecule has 0 fully saturated rings. The van der Waals surface area contributed by atoms with Crippen molar-refractivity contribution >= 4 is 45.7 Å². The lowest BCUT2D eigenvalue weighted by Crippen LogP contribution is -2.38. The Labute approximate surface area is 293 Å². The molecule has 7 rings (SSSR count). The number of nitrogens with zero attached hydrogens (tertiary/aromatic N) is 4. The minimum absolute atomic E-state index is 0.0787. The topological polar surface area (TPSA) is 94.0 Å². The standard InChI is InChI=1S/C40H32ClFN6O2/c1-2-50-32-21-18-27(19-22-32)24-36(49)45-37-33-25-31(44-38-34(42)26-43-39(41)46-38)20-23-35(33)48(47-37)40(28-12-6-3-7-13-28,29-14-8-4-9-15-29)30-16-10-5-11-17-30/h3-23,25-26H,2,24H2,1H3,(H,43,44,46)(H,45,47,49). The lowest BCUT2D eigenvalue weighted by molar-refractivity contribution is -0.115. The molecular weight excluding hydrogens is 651 g/mol. The van der Waals surface area contributed by atoms with Gasteiger partial charge in [-0.3, -0.25) is 4.79 Å². The van der Waals surface area contributed by atoms with E-state index in [1.54, 1.807) is 0 Å². The third-order valence-electron chi connectivity index (χ3n) is 8.41. The zero-order valence-corrected chi connectivity index (χ0v) is 27.8. The summed E-state index contributed by atoms with van der Waals surface area (Å²) in [5.41, 5.74) is 4.00. The van der Waals surface area contributed by atoms with Gasteiger partial charge in [0.2, 0.25) is 11.2 Å². The average Bonchev–Trinajstić information content (AvgIpc) is 3.49. The second kappa shape index (κ2) is 14.2. The number of hydrogen-bond acceptors (Lipinski definition) is 6. The average molecular weight is 683 g/mol. The molecule has 0 aliphatic carbocycles. The van der Waals surface area contributed by atoms with Crippen molar-refractivity contribution in [3.8, 4) is 5.75 Å². The summed E-state index contributed by atoms with van der Waals surface area (Å²) in [6.45, 7) is 2.48. The number of rotatable bonds is 11. The molecule has 0 aliphatic heterocycles. The summed E-state index contributed by atoms with van der Waals surface area (Å²) in [6, 6.07) is 43.4. The molecule has 0 unspecified atom stereocenters. The van der Waals surface area contributed by atoms with E-state index in [0.29, 0.717) is 23.5 Å². The number of carbonyl (C=O) groups is 1. The predicted octanol–water partition coefficient (Wildman–Crippen LogP) is 8.78. The number of ether oxygens (including phenoxy) is 1. The highest BCUT2D eigenvalue weighted by Gasteiger charge is 2.41. The summed E-state index contributed by atoms with van der Waals surface area (Å²) in [5, 5.41) is 11.8. The summed E-state index contributed by atoms with van der Waals surface area (Å²) < 4.78 is 22.2. The molecule has 2 N–H and O–H groups in total. The van der Waals surface area contributed by atoms with Crippen molar-refractivity contribution in [2.24, 2.45) is 0 Å². The minimum Gasteiger partial charge on any atom is -0.494 e. The monoisotopic (exact) mass is 682 g/mol. The van der Waals surface area contributed by atoms with E-state index in [1.807, 2.05) is 109 Å². The largest absolute Gasteiger partial charge is 0.494 e. The van der Waals surface area contributed by atoms with Gasteiger partial charge in [-0.2, -0.15) is 10.1 Å². The number of hydrogen-bond donors (Lipinski definition) is 2. The van der Waals surface area contributed by atoms with Gasteiger partial charge in [-0.15, -0.1) is 0 Å². The van der Waals surface area contributed by atoms with Gasteiger partial charge in [0.15, 0.2) is 17.5 Å². The molecule has 0 bridgehead atoms. The van der Waals surface area contributed by atoms with E-state index in [1.165, 1.54) is 0 Å². The van der Waals surface area contributed by atoms with Crippen molar-refractivity contribution in [2.75, 3.05) is 17.2 Å². The van der Waals surface area contributed by atoms with Crippen molar-refractivity contribution in [1.29, 1.82) is 0 Å². The van der Waals surface area contributed by atoms with Crippen LogP contribution < -0.4 is 15.4 Å². The molecule has 2 aromatic heterocycles. The first-order chi connectivity index (χ1) is 24.4. The van der Waals surface area contributed by atoms with Gasteiger partial charge in [0.25, 0.3) is 0 Å². The molecule has 10 heteroatoms. The lowest BCUT2D eigenvalue weighted by atomic mass is 9.77. The van der Waals surface area contributed by atoms with Crippen LogP contribution in [0.4, 0.5) is 21.7 Å². The van der Waals surface area contributed by atoms with Gasteiger partial charge >= 0.3 is 0 Å². The Hall–Kier alpha value is -6.06. The van der Waals surface area contributed by atoms with Gasteiger partial charge in [0, 0.05) is 11.1 Å². The molecule has 0 saturated heterocycles. The van der Waals surface area contributed by atoms with E-state index >= 15 is 0 Å². The van der Waals surface area contributed by atoms with E-state index < -0.39 is 11.4 Å². The summed E-state index contributed by atoms with van der Waals surface area (Å²) in [6.07, 6.45) is 1.12. The summed E-state index contributed by atoms with van der Waals surface area (Å²) >= 11 is 5.98. The van der Waals surface area contributed by atoms with Gasteiger partial charge in [-0.1, -0.05) is 103 Å². The number of carbonyl (C=O) groups excluding carboxylic acids is 1. The quantitative estimate of drug-likeness (QED) is 0.105. The van der Waals surface area contributed by atoms with Crippen LogP contribution in [-0.2, 0) is 16.8 Å². The van der Waals surface area contributed by atoms with Crippen LogP contribution in [0.1, 0.15) is 29.2 Å². The van der Waals surface area contributed by atoms with Crippen LogP contribution in [0.3, 0.4) is 0 Å². The van der Waals surface area contributed by atoms with Crippen LogP contribution in [0.25, 0.3) is 10.9 Å². The fraction of sp³-hybridized carbons (Fsp3) is 0.100. The summed E-state index contributed by atoms with van der Waals surface area (Å²) in [5.74, 6) is 0.0858. The molecule has 2 heterocycles. The summed E-state index contributed by atoms with van der Waals surface area (Å²) in [4.78, 5) is 21.4. The Balaban J connectivity index is 1.42. The third kappa shape index (κ3) is 6.38. The van der Waals surface area contributed by atoms with Crippen LogP contribution in [0.2, 0.25) is 5.28 Å². The molecule has 0 radical (unpaired) electrons.